The first kappa shape index (κ1) is 13.5. The fourth-order valence-corrected chi connectivity index (χ4v) is 2.48. The van der Waals surface area contributed by atoms with E-state index in [1.165, 1.54) is 6.07 Å². The quantitative estimate of drug-likeness (QED) is 0.849. The molecule has 1 heterocycles. The van der Waals surface area contributed by atoms with E-state index in [4.69, 9.17) is 11.6 Å². The molecule has 18 heavy (non-hydrogen) atoms. The van der Waals surface area contributed by atoms with Gasteiger partial charge in [0.2, 0.25) is 0 Å². The lowest BCUT2D eigenvalue weighted by molar-refractivity contribution is 0.588. The molecule has 5 heteroatoms. The maximum absolute atomic E-state index is 13.4. The third-order valence-electron chi connectivity index (χ3n) is 2.55. The predicted molar refractivity (Wildman–Crippen MR) is 73.7 cm³/mol. The number of halogens is 2. The summed E-state index contributed by atoms with van der Waals surface area (Å²) >= 11 is 7.47. The Morgan fingerprint density at radius 3 is 3.00 bits per heavy atom. The van der Waals surface area contributed by atoms with E-state index >= 15 is 0 Å². The van der Waals surface area contributed by atoms with Gasteiger partial charge in [-0.3, -0.25) is 0 Å². The maximum atomic E-state index is 13.4. The minimum atomic E-state index is -0.226. The van der Waals surface area contributed by atoms with Gasteiger partial charge in [-0.2, -0.15) is 0 Å². The first-order chi connectivity index (χ1) is 8.65. The Hall–Kier alpha value is -0.970. The van der Waals surface area contributed by atoms with Crippen LogP contribution in [0.4, 0.5) is 4.39 Å². The van der Waals surface area contributed by atoms with Gasteiger partial charge in [0.25, 0.3) is 0 Å². The normalized spacial score (nSPS) is 10.8. The van der Waals surface area contributed by atoms with E-state index in [1.807, 2.05) is 6.92 Å². The van der Waals surface area contributed by atoms with Gasteiger partial charge in [-0.1, -0.05) is 11.6 Å². The van der Waals surface area contributed by atoms with Crippen molar-refractivity contribution in [3.8, 4) is 0 Å². The van der Waals surface area contributed by atoms with Crippen LogP contribution >= 0.6 is 22.9 Å². The molecule has 2 aromatic rings. The van der Waals surface area contributed by atoms with E-state index in [0.717, 1.165) is 23.7 Å². The zero-order valence-electron chi connectivity index (χ0n) is 10.0. The second-order valence-electron chi connectivity index (χ2n) is 4.02. The molecule has 2 nitrogen and oxygen atoms in total. The Balaban J connectivity index is 1.80. The van der Waals surface area contributed by atoms with Crippen molar-refractivity contribution in [1.29, 1.82) is 0 Å². The van der Waals surface area contributed by atoms with Crippen molar-refractivity contribution in [2.45, 2.75) is 19.9 Å². The molecule has 1 aromatic heterocycles. The predicted octanol–water partition coefficient (Wildman–Crippen LogP) is 3.58. The van der Waals surface area contributed by atoms with E-state index in [9.17, 15) is 4.39 Å². The topological polar surface area (TPSA) is 24.9 Å². The van der Waals surface area contributed by atoms with Crippen molar-refractivity contribution in [3.63, 3.8) is 0 Å². The van der Waals surface area contributed by atoms with E-state index in [0.29, 0.717) is 17.1 Å². The van der Waals surface area contributed by atoms with Crippen LogP contribution in [0.25, 0.3) is 0 Å². The molecule has 0 radical (unpaired) electrons. The van der Waals surface area contributed by atoms with E-state index in [2.05, 4.69) is 15.7 Å². The van der Waals surface area contributed by atoms with Crippen LogP contribution in [0.5, 0.6) is 0 Å². The lowest BCUT2D eigenvalue weighted by atomic mass is 10.2. The molecule has 0 bridgehead atoms. The third-order valence-corrected chi connectivity index (χ3v) is 3.61. The Kier molecular flexibility index (Phi) is 4.69. The van der Waals surface area contributed by atoms with Crippen LogP contribution in [0.3, 0.4) is 0 Å². The summed E-state index contributed by atoms with van der Waals surface area (Å²) in [6.45, 7) is 3.24. The van der Waals surface area contributed by atoms with Crippen molar-refractivity contribution < 1.29 is 4.39 Å². The fraction of sp³-hybridized carbons (Fsp3) is 0.308. The number of nitrogens with one attached hydrogen (secondary N) is 1. The molecule has 0 fully saturated rings. The first-order valence-corrected chi connectivity index (χ1v) is 6.96. The summed E-state index contributed by atoms with van der Waals surface area (Å²) in [5, 5.41) is 6.88. The Bertz CT molecular complexity index is 527. The van der Waals surface area contributed by atoms with Gasteiger partial charge < -0.3 is 5.32 Å². The highest BCUT2D eigenvalue weighted by molar-refractivity contribution is 7.09. The smallest absolute Gasteiger partial charge is 0.127 e. The highest BCUT2D eigenvalue weighted by Crippen LogP contribution is 2.14. The number of benzene rings is 1. The van der Waals surface area contributed by atoms with Crippen LogP contribution in [0, 0.1) is 12.7 Å². The molecule has 0 saturated heterocycles. The van der Waals surface area contributed by atoms with Crippen LogP contribution in [-0.4, -0.2) is 11.5 Å². The van der Waals surface area contributed by atoms with Crippen LogP contribution < -0.4 is 5.32 Å². The van der Waals surface area contributed by atoms with Crippen LogP contribution in [0.2, 0.25) is 5.02 Å². The van der Waals surface area contributed by atoms with Gasteiger partial charge in [-0.05, 0) is 25.1 Å². The third kappa shape index (κ3) is 3.77. The van der Waals surface area contributed by atoms with E-state index in [1.54, 1.807) is 23.5 Å². The van der Waals surface area contributed by atoms with Gasteiger partial charge in [0.15, 0.2) is 0 Å². The highest BCUT2D eigenvalue weighted by atomic mass is 35.5. The minimum absolute atomic E-state index is 0.226. The molecule has 0 spiro atoms. The number of aryl methyl sites for hydroxylation is 1. The number of nitrogens with zero attached hydrogens (tertiary/aromatic N) is 1. The summed E-state index contributed by atoms with van der Waals surface area (Å²) in [4.78, 5) is 4.37. The molecule has 96 valence electrons. The van der Waals surface area contributed by atoms with Gasteiger partial charge in [-0.25, -0.2) is 9.37 Å². The average molecular weight is 285 g/mol. The summed E-state index contributed by atoms with van der Waals surface area (Å²) in [6.07, 6.45) is 0.854. The molecular formula is C13H14ClFN2S. The Morgan fingerprint density at radius 2 is 2.28 bits per heavy atom. The second kappa shape index (κ2) is 6.27. The highest BCUT2D eigenvalue weighted by Gasteiger charge is 2.03. The number of rotatable bonds is 5. The number of thiazole rings is 1. The number of hydrogen-bond donors (Lipinski definition) is 1. The molecule has 0 aliphatic carbocycles. The molecular weight excluding hydrogens is 271 g/mol. The lowest BCUT2D eigenvalue weighted by Crippen LogP contribution is -2.17. The molecule has 0 saturated carbocycles. The number of aromatic nitrogens is 1. The molecule has 1 N–H and O–H groups in total. The van der Waals surface area contributed by atoms with Gasteiger partial charge in [0, 0.05) is 35.5 Å². The minimum Gasteiger partial charge on any atom is -0.312 e. The molecule has 0 unspecified atom stereocenters. The zero-order chi connectivity index (χ0) is 13.0. The summed E-state index contributed by atoms with van der Waals surface area (Å²) < 4.78 is 13.4. The fourth-order valence-electron chi connectivity index (χ4n) is 1.64. The number of hydrogen-bond acceptors (Lipinski definition) is 3. The second-order valence-corrected chi connectivity index (χ2v) is 5.52. The standard InChI is InChI=1S/C13H14ClFN2S/c1-9-17-12(8-18-9)4-5-16-7-10-6-11(14)2-3-13(10)15/h2-3,6,8,16H,4-5,7H2,1H3. The molecule has 0 aliphatic rings. The SMILES string of the molecule is Cc1nc(CCNCc2cc(Cl)ccc2F)cs1. The van der Waals surface area contributed by atoms with Crippen LogP contribution in [0.1, 0.15) is 16.3 Å². The van der Waals surface area contributed by atoms with Crippen molar-refractivity contribution >= 4 is 22.9 Å². The molecule has 0 aliphatic heterocycles. The van der Waals surface area contributed by atoms with Gasteiger partial charge in [0.05, 0.1) is 10.7 Å². The van der Waals surface area contributed by atoms with Crippen LogP contribution in [-0.2, 0) is 13.0 Å². The molecule has 2 rings (SSSR count). The van der Waals surface area contributed by atoms with E-state index < -0.39 is 0 Å². The van der Waals surface area contributed by atoms with E-state index in [-0.39, 0.29) is 5.82 Å². The van der Waals surface area contributed by atoms with Gasteiger partial charge in [0.1, 0.15) is 5.82 Å². The molecule has 1 aromatic carbocycles. The lowest BCUT2D eigenvalue weighted by Gasteiger charge is -2.05. The van der Waals surface area contributed by atoms with Crippen molar-refractivity contribution in [2.75, 3.05) is 6.54 Å². The summed E-state index contributed by atoms with van der Waals surface area (Å²) in [6, 6.07) is 4.60. The first-order valence-electron chi connectivity index (χ1n) is 5.71. The monoisotopic (exact) mass is 284 g/mol. The van der Waals surface area contributed by atoms with Gasteiger partial charge >= 0.3 is 0 Å². The zero-order valence-corrected chi connectivity index (χ0v) is 11.6. The summed E-state index contributed by atoms with van der Waals surface area (Å²) in [5.41, 5.74) is 1.67. The largest absolute Gasteiger partial charge is 0.312 e. The maximum Gasteiger partial charge on any atom is 0.127 e. The van der Waals surface area contributed by atoms with Gasteiger partial charge in [-0.15, -0.1) is 11.3 Å². The van der Waals surface area contributed by atoms with Crippen molar-refractivity contribution in [2.24, 2.45) is 0 Å². The average Bonchev–Trinajstić information content (AvgIpc) is 2.75. The summed E-state index contributed by atoms with van der Waals surface area (Å²) in [5.74, 6) is -0.226. The summed E-state index contributed by atoms with van der Waals surface area (Å²) in [7, 11) is 0. The molecule has 0 atom stereocenters. The van der Waals surface area contributed by atoms with Crippen LogP contribution in [0.15, 0.2) is 23.6 Å². The molecule has 0 amide bonds. The Morgan fingerprint density at radius 1 is 1.44 bits per heavy atom. The van der Waals surface area contributed by atoms with Crippen molar-refractivity contribution in [3.05, 3.63) is 50.7 Å². The van der Waals surface area contributed by atoms with Crippen molar-refractivity contribution in [1.82, 2.24) is 10.3 Å². The Labute approximate surface area is 115 Å².